The molecule has 3 aromatic heterocycles. The molecule has 0 saturated carbocycles. The summed E-state index contributed by atoms with van der Waals surface area (Å²) in [6, 6.07) is 31.3. The minimum atomic E-state index is -1.28. The number of phenols is 2. The number of hydrogen-bond acceptors (Lipinski definition) is 19. The number of rotatable bonds is 19. The number of aromatic carboxylic acids is 1. The van der Waals surface area contributed by atoms with E-state index in [1.54, 1.807) is 24.9 Å². The van der Waals surface area contributed by atoms with E-state index in [0.29, 0.717) is 72.7 Å². The monoisotopic (exact) mass is 924 g/mol. The summed E-state index contributed by atoms with van der Waals surface area (Å²) >= 11 is 0. The average molecular weight is 925 g/mol. The first-order valence-electron chi connectivity index (χ1n) is 20.5. The van der Waals surface area contributed by atoms with Crippen LogP contribution in [-0.4, -0.2) is 97.5 Å². The fraction of sp³-hybridized carbons (Fsp3) is 0.174. The minimum Gasteiger partial charge on any atom is -0.507 e. The van der Waals surface area contributed by atoms with Gasteiger partial charge in [0.2, 0.25) is 5.95 Å². The van der Waals surface area contributed by atoms with Crippen LogP contribution in [0.2, 0.25) is 0 Å². The van der Waals surface area contributed by atoms with Crippen molar-refractivity contribution >= 4 is 69.4 Å². The van der Waals surface area contributed by atoms with E-state index < -0.39 is 5.97 Å². The summed E-state index contributed by atoms with van der Waals surface area (Å²) in [6.45, 7) is 2.48. The molecule has 0 aliphatic heterocycles. The second-order valence-electron chi connectivity index (χ2n) is 14.4. The maximum atomic E-state index is 11.3. The van der Waals surface area contributed by atoms with Gasteiger partial charge in [-0.3, -0.25) is 9.36 Å². The third-order valence-electron chi connectivity index (χ3n) is 9.72. The lowest BCUT2D eigenvalue weighted by Crippen LogP contribution is -2.09. The third kappa shape index (κ3) is 11.6. The second kappa shape index (κ2) is 22.3. The van der Waals surface area contributed by atoms with Gasteiger partial charge in [0.25, 0.3) is 12.4 Å². The van der Waals surface area contributed by atoms with Gasteiger partial charge >= 0.3 is 12.0 Å². The Hall–Kier alpha value is -9.02. The topological polar surface area (TPSA) is 304 Å². The summed E-state index contributed by atoms with van der Waals surface area (Å²) in [4.78, 5) is 39.5. The van der Waals surface area contributed by atoms with Gasteiger partial charge in [0.1, 0.15) is 41.5 Å². The van der Waals surface area contributed by atoms with Gasteiger partial charge in [-0.1, -0.05) is 60.7 Å². The van der Waals surface area contributed by atoms with Crippen molar-refractivity contribution in [3.63, 3.8) is 0 Å². The Kier molecular flexibility index (Phi) is 15.4. The maximum Gasteiger partial charge on any atom is 0.339 e. The van der Waals surface area contributed by atoms with E-state index in [9.17, 15) is 24.9 Å². The Morgan fingerprint density at radius 2 is 1.31 bits per heavy atom. The SMILES string of the molecule is COCCOc1cc(N=Nc2ccc(O)c(OC=O)c2)c2nc(N)n(Cc3ccccc3)c2c1.COCCOc1nc(N)c2nc(N=Nc3ccc(O)c(C(=O)O)c3)n(Cc3ccccc3)c2n1. The van der Waals surface area contributed by atoms with Crippen LogP contribution in [0.3, 0.4) is 0 Å². The van der Waals surface area contributed by atoms with Gasteiger partial charge < -0.3 is 55.0 Å². The highest BCUT2D eigenvalue weighted by atomic mass is 16.5. The first kappa shape index (κ1) is 47.0. The second-order valence-corrected chi connectivity index (χ2v) is 14.4. The minimum absolute atomic E-state index is 0.0235. The van der Waals surface area contributed by atoms with Crippen molar-refractivity contribution in [3.8, 4) is 29.0 Å². The molecule has 0 spiro atoms. The van der Waals surface area contributed by atoms with Crippen LogP contribution >= 0.6 is 0 Å². The number of benzene rings is 5. The predicted octanol–water partition coefficient (Wildman–Crippen LogP) is 7.65. The number of nitrogens with two attached hydrogens (primary N) is 2. The third-order valence-corrected chi connectivity index (χ3v) is 9.72. The number of phenolic OH excluding ortho intramolecular Hbond substituents is 1. The molecule has 8 rings (SSSR count). The van der Waals surface area contributed by atoms with Crippen LogP contribution < -0.4 is 25.7 Å². The lowest BCUT2D eigenvalue weighted by molar-refractivity contribution is -0.120. The molecule has 0 aliphatic rings. The molecule has 3 heterocycles. The van der Waals surface area contributed by atoms with Crippen molar-refractivity contribution in [2.75, 3.05) is 52.1 Å². The van der Waals surface area contributed by atoms with Crippen molar-refractivity contribution in [2.45, 2.75) is 13.1 Å². The zero-order valence-corrected chi connectivity index (χ0v) is 36.5. The van der Waals surface area contributed by atoms with Gasteiger partial charge in [0.05, 0.1) is 43.2 Å². The predicted molar refractivity (Wildman–Crippen MR) is 248 cm³/mol. The Morgan fingerprint density at radius 1 is 0.676 bits per heavy atom. The van der Waals surface area contributed by atoms with Crippen LogP contribution in [0.1, 0.15) is 21.5 Å². The number of carboxylic acids is 1. The van der Waals surface area contributed by atoms with Gasteiger partial charge in [-0.25, -0.2) is 14.8 Å². The lowest BCUT2D eigenvalue weighted by atomic mass is 10.2. The van der Waals surface area contributed by atoms with Crippen LogP contribution in [0.15, 0.2) is 130 Å². The van der Waals surface area contributed by atoms with Gasteiger partial charge in [-0.15, -0.1) is 15.3 Å². The zero-order chi connectivity index (χ0) is 48.0. The number of carbonyl (C=O) groups excluding carboxylic acids is 1. The summed E-state index contributed by atoms with van der Waals surface area (Å²) in [5.41, 5.74) is 17.1. The normalized spacial score (nSPS) is 11.3. The number of nitrogen functional groups attached to an aromatic ring is 2. The largest absolute Gasteiger partial charge is 0.507 e. The Balaban J connectivity index is 0.000000201. The molecule has 0 radical (unpaired) electrons. The number of nitrogens with zero attached hydrogens (tertiary/aromatic N) is 10. The van der Waals surface area contributed by atoms with Crippen LogP contribution in [0.4, 0.5) is 34.8 Å². The number of aromatic nitrogens is 6. The van der Waals surface area contributed by atoms with Crippen molar-refractivity contribution in [1.82, 2.24) is 29.1 Å². The van der Waals surface area contributed by atoms with E-state index in [4.69, 9.17) is 35.2 Å². The van der Waals surface area contributed by atoms with Crippen LogP contribution in [0, 0.1) is 0 Å². The first-order valence-corrected chi connectivity index (χ1v) is 20.5. The fourth-order valence-corrected chi connectivity index (χ4v) is 6.47. The van der Waals surface area contributed by atoms with Crippen molar-refractivity contribution in [3.05, 3.63) is 126 Å². The molecule has 0 aliphatic carbocycles. The summed E-state index contributed by atoms with van der Waals surface area (Å²) in [5, 5.41) is 45.6. The molecule has 0 bridgehead atoms. The summed E-state index contributed by atoms with van der Waals surface area (Å²) in [5.74, 6) is -0.683. The number of imidazole rings is 2. The molecule has 5 aromatic carbocycles. The van der Waals surface area contributed by atoms with Crippen LogP contribution in [0.5, 0.6) is 29.0 Å². The molecule has 8 aromatic rings. The number of carboxylic acid groups (broad SMARTS) is 1. The van der Waals surface area contributed by atoms with Gasteiger partial charge in [-0.05, 0) is 41.5 Å². The quantitative estimate of drug-likeness (QED) is 0.0295. The molecule has 0 unspecified atom stereocenters. The zero-order valence-electron chi connectivity index (χ0n) is 36.5. The van der Waals surface area contributed by atoms with Crippen molar-refractivity contribution in [2.24, 2.45) is 20.5 Å². The number of fused-ring (bicyclic) bond motifs is 2. The Bertz CT molecular complexity index is 3090. The van der Waals surface area contributed by atoms with E-state index >= 15 is 0 Å². The molecule has 0 saturated heterocycles. The van der Waals surface area contributed by atoms with E-state index in [-0.39, 0.29) is 59.4 Å². The number of azo groups is 2. The smallest absolute Gasteiger partial charge is 0.339 e. The number of aromatic hydroxyl groups is 2. The number of hydrogen-bond donors (Lipinski definition) is 5. The van der Waals surface area contributed by atoms with Gasteiger partial charge in [0, 0.05) is 32.4 Å². The van der Waals surface area contributed by atoms with Crippen molar-refractivity contribution in [1.29, 1.82) is 0 Å². The molecular formula is C46H44N12O10. The fourth-order valence-electron chi connectivity index (χ4n) is 6.47. The Labute approximate surface area is 386 Å². The molecule has 0 atom stereocenters. The highest BCUT2D eigenvalue weighted by molar-refractivity contribution is 5.92. The van der Waals surface area contributed by atoms with Gasteiger partial charge in [0.15, 0.2) is 28.5 Å². The van der Waals surface area contributed by atoms with Crippen molar-refractivity contribution < 1.29 is 48.6 Å². The molecule has 7 N–H and O–H groups in total. The van der Waals surface area contributed by atoms with Gasteiger partial charge in [-0.2, -0.15) is 15.1 Å². The summed E-state index contributed by atoms with van der Waals surface area (Å²) in [6.07, 6.45) is 0. The average Bonchev–Trinajstić information content (AvgIpc) is 3.85. The number of methoxy groups -OCH3 is 2. The van der Waals surface area contributed by atoms with E-state index in [1.807, 2.05) is 71.3 Å². The van der Waals surface area contributed by atoms with E-state index in [1.165, 1.54) is 36.4 Å². The lowest BCUT2D eigenvalue weighted by Gasteiger charge is -2.10. The van der Waals surface area contributed by atoms with Crippen LogP contribution in [-0.2, 0) is 27.4 Å². The molecule has 0 fully saturated rings. The highest BCUT2D eigenvalue weighted by Gasteiger charge is 2.19. The molecular weight excluding hydrogens is 881 g/mol. The summed E-state index contributed by atoms with van der Waals surface area (Å²) < 4.78 is 29.7. The molecule has 0 amide bonds. The highest BCUT2D eigenvalue weighted by Crippen LogP contribution is 2.36. The molecule has 22 nitrogen and oxygen atoms in total. The number of carbonyl (C=O) groups is 2. The standard InChI is InChI=1S/C24H23N5O5.C22H21N7O5/c1-32-9-10-33-18-12-19(28-27-17-7-8-21(31)22(11-17)34-15-30)23-20(13-18)29(24(25)26-23)14-16-5-3-2-4-6-16;1-33-9-10-34-22-25-18(23)17-19(26-22)29(12-13-5-3-2-4-6-13)21(24-17)28-27-14-7-8-16(30)15(11-14)20(31)32/h2-8,11-13,15,31H,9-10,14H2,1H3,(H2,25,26);2-8,11,30H,9-10,12H2,1H3,(H,31,32)(H2,23,25,26). The first-order chi connectivity index (χ1) is 33.0. The maximum absolute atomic E-state index is 11.3. The molecule has 68 heavy (non-hydrogen) atoms. The summed E-state index contributed by atoms with van der Waals surface area (Å²) in [7, 11) is 3.16. The number of anilines is 2. The van der Waals surface area contributed by atoms with E-state index in [0.717, 1.165) is 16.6 Å². The molecule has 22 heteroatoms. The van der Waals surface area contributed by atoms with E-state index in [2.05, 4.69) is 40.4 Å². The van der Waals surface area contributed by atoms with Crippen LogP contribution in [0.25, 0.3) is 22.2 Å². The Morgan fingerprint density at radius 3 is 1.97 bits per heavy atom. The molecule has 348 valence electrons. The number of ether oxygens (including phenoxy) is 5.